The zero-order chi connectivity index (χ0) is 17.1. The SMILES string of the molecule is CC(C)(C)[PH+](C(C)(C)C)C(C)(C)C.[CH-]=O.[CH-]=O.[CH-]=O.[Ni+3]. The molecule has 0 bridgehead atoms. The molecule has 3 nitrogen and oxygen atoms in total. The summed E-state index contributed by atoms with van der Waals surface area (Å²) in [5.74, 6) is 0. The molecule has 1 radical (unpaired) electrons. The molecule has 0 aliphatic heterocycles. The molecular formula is C15H31NiO3P+. The van der Waals surface area contributed by atoms with E-state index in [1.807, 2.05) is 0 Å². The first kappa shape index (κ1) is 32.0. The van der Waals surface area contributed by atoms with Crippen LogP contribution in [0.25, 0.3) is 0 Å². The maximum atomic E-state index is 7.75. The van der Waals surface area contributed by atoms with Crippen molar-refractivity contribution in [2.45, 2.75) is 77.8 Å². The van der Waals surface area contributed by atoms with Crippen LogP contribution in [0.3, 0.4) is 0 Å². The standard InChI is InChI=1S/C12H27P.3CHO.Ni/c1-10(2,3)13(11(4,5)6)12(7,8)9;3*1-2;/h1-9H3;3*1H;/q;3*-1;+3/p+1. The third-order valence-electron chi connectivity index (χ3n) is 2.25. The topological polar surface area (TPSA) is 51.2 Å². The predicted octanol–water partition coefficient (Wildman–Crippen LogP) is 3.77. The molecule has 0 aromatic carbocycles. The van der Waals surface area contributed by atoms with Crippen LogP contribution in [0.15, 0.2) is 0 Å². The first-order chi connectivity index (χ1) is 8.37. The Balaban J connectivity index is -0.0000000940. The Bertz CT molecular complexity index is 177. The van der Waals surface area contributed by atoms with E-state index >= 15 is 0 Å². The van der Waals surface area contributed by atoms with E-state index < -0.39 is 7.92 Å². The first-order valence-electron chi connectivity index (χ1n) is 5.96. The van der Waals surface area contributed by atoms with E-state index in [2.05, 4.69) is 82.7 Å². The summed E-state index contributed by atoms with van der Waals surface area (Å²) in [6.45, 7) is 31.4. The first-order valence-corrected chi connectivity index (χ1v) is 7.46. The molecule has 0 unspecified atom stereocenters. The molecule has 123 valence electrons. The van der Waals surface area contributed by atoms with Gasteiger partial charge in [-0.1, -0.05) is 0 Å². The Labute approximate surface area is 137 Å². The summed E-state index contributed by atoms with van der Waals surface area (Å²) in [6, 6.07) is 0. The van der Waals surface area contributed by atoms with Crippen molar-refractivity contribution in [3.05, 3.63) is 0 Å². The van der Waals surface area contributed by atoms with Crippen molar-refractivity contribution in [2.24, 2.45) is 0 Å². The average molecular weight is 349 g/mol. The molecule has 0 atom stereocenters. The summed E-state index contributed by atoms with van der Waals surface area (Å²) in [6.07, 6.45) is 0. The second-order valence-corrected chi connectivity index (χ2v) is 12.4. The maximum Gasteiger partial charge on any atom is 3.00 e. The molecular weight excluding hydrogens is 318 g/mol. The van der Waals surface area contributed by atoms with Gasteiger partial charge in [-0.2, -0.15) is 0 Å². The van der Waals surface area contributed by atoms with Crippen LogP contribution in [0.2, 0.25) is 0 Å². The van der Waals surface area contributed by atoms with E-state index in [4.69, 9.17) is 14.4 Å². The van der Waals surface area contributed by atoms with Crippen molar-refractivity contribution < 1.29 is 30.9 Å². The van der Waals surface area contributed by atoms with Gasteiger partial charge in [-0.15, -0.1) is 0 Å². The van der Waals surface area contributed by atoms with Crippen molar-refractivity contribution in [1.82, 2.24) is 0 Å². The van der Waals surface area contributed by atoms with Gasteiger partial charge < -0.3 is 14.4 Å². The van der Waals surface area contributed by atoms with Gasteiger partial charge in [0, 0.05) is 7.92 Å². The van der Waals surface area contributed by atoms with Gasteiger partial charge in [0.25, 0.3) is 0 Å². The molecule has 0 saturated heterocycles. The Morgan fingerprint density at radius 1 is 0.500 bits per heavy atom. The third-order valence-corrected chi connectivity index (χ3v) is 6.75. The maximum absolute atomic E-state index is 7.75. The molecule has 0 heterocycles. The summed E-state index contributed by atoms with van der Waals surface area (Å²) >= 11 is 0. The fourth-order valence-corrected chi connectivity index (χ4v) is 10.1. The van der Waals surface area contributed by atoms with Gasteiger partial charge in [-0.05, 0) is 62.3 Å². The summed E-state index contributed by atoms with van der Waals surface area (Å²) in [7, 11) is -0.391. The number of hydrogen-bond acceptors (Lipinski definition) is 3. The zero-order valence-corrected chi connectivity index (χ0v) is 16.3. The van der Waals surface area contributed by atoms with Gasteiger partial charge in [0.15, 0.2) is 0 Å². The van der Waals surface area contributed by atoms with E-state index in [-0.39, 0.29) is 16.5 Å². The van der Waals surface area contributed by atoms with Crippen LogP contribution in [0, 0.1) is 0 Å². The summed E-state index contributed by atoms with van der Waals surface area (Å²) in [4.78, 5) is 23.2. The van der Waals surface area contributed by atoms with Gasteiger partial charge in [0.2, 0.25) is 0 Å². The van der Waals surface area contributed by atoms with Crippen LogP contribution in [0.5, 0.6) is 0 Å². The summed E-state index contributed by atoms with van der Waals surface area (Å²) < 4.78 is 0. The van der Waals surface area contributed by atoms with Gasteiger partial charge in [-0.25, -0.2) is 0 Å². The van der Waals surface area contributed by atoms with Crippen LogP contribution in [-0.2, 0) is 30.9 Å². The van der Waals surface area contributed by atoms with E-state index in [1.165, 1.54) is 0 Å². The molecule has 0 saturated carbocycles. The second kappa shape index (κ2) is 13.9. The molecule has 0 aliphatic rings. The number of carbonyl (C=O) groups excluding carboxylic acids is 3. The van der Waals surface area contributed by atoms with Gasteiger partial charge in [0.05, 0.1) is 15.5 Å². The minimum atomic E-state index is -0.391. The van der Waals surface area contributed by atoms with Crippen molar-refractivity contribution in [2.75, 3.05) is 0 Å². The molecule has 0 aliphatic carbocycles. The smallest absolute Gasteiger partial charge is 0.545 e. The molecule has 0 fully saturated rings. The summed E-state index contributed by atoms with van der Waals surface area (Å²) in [5, 5.41) is 1.46. The van der Waals surface area contributed by atoms with E-state index in [1.54, 1.807) is 0 Å². The van der Waals surface area contributed by atoms with Crippen LogP contribution >= 0.6 is 7.92 Å². The zero-order valence-electron chi connectivity index (χ0n) is 14.3. The van der Waals surface area contributed by atoms with Crippen LogP contribution in [0.4, 0.5) is 0 Å². The third kappa shape index (κ3) is 16.0. The molecule has 0 spiro atoms. The van der Waals surface area contributed by atoms with Crippen LogP contribution in [0.1, 0.15) is 62.3 Å². The quantitative estimate of drug-likeness (QED) is 0.290. The van der Waals surface area contributed by atoms with Crippen molar-refractivity contribution in [3.63, 3.8) is 0 Å². The van der Waals surface area contributed by atoms with Gasteiger partial charge in [-0.3, -0.25) is 20.4 Å². The molecule has 20 heavy (non-hydrogen) atoms. The largest absolute Gasteiger partial charge is 3.00 e. The van der Waals surface area contributed by atoms with Gasteiger partial charge >= 0.3 is 16.5 Å². The van der Waals surface area contributed by atoms with Crippen molar-refractivity contribution in [3.8, 4) is 0 Å². The van der Waals surface area contributed by atoms with E-state index in [0.29, 0.717) is 15.5 Å². The van der Waals surface area contributed by atoms with Crippen LogP contribution in [-0.4, -0.2) is 35.8 Å². The van der Waals surface area contributed by atoms with Crippen LogP contribution < -0.4 is 0 Å². The van der Waals surface area contributed by atoms with Crippen molar-refractivity contribution in [1.29, 1.82) is 0 Å². The summed E-state index contributed by atoms with van der Waals surface area (Å²) in [5.41, 5.74) is 0. The van der Waals surface area contributed by atoms with E-state index in [9.17, 15) is 0 Å². The predicted molar refractivity (Wildman–Crippen MR) is 87.8 cm³/mol. The second-order valence-electron chi connectivity index (χ2n) is 7.12. The Hall–Kier alpha value is -0.0665. The monoisotopic (exact) mass is 348 g/mol. The Morgan fingerprint density at radius 3 is 0.600 bits per heavy atom. The molecule has 5 heteroatoms. The Kier molecular flexibility index (Phi) is 22.3. The average Bonchev–Trinajstić information content (AvgIpc) is 2.19. The molecule has 0 aromatic rings. The van der Waals surface area contributed by atoms with Gasteiger partial charge in [0.1, 0.15) is 0 Å². The number of hydrogen-bond donors (Lipinski definition) is 0. The molecule has 0 N–H and O–H groups in total. The van der Waals surface area contributed by atoms with E-state index in [0.717, 1.165) is 0 Å². The normalized spacial score (nSPS) is 10.5. The minimum Gasteiger partial charge on any atom is -0.545 e. The molecule has 0 rings (SSSR count). The minimum absolute atomic E-state index is 0. The molecule has 0 amide bonds. The van der Waals surface area contributed by atoms with Crippen molar-refractivity contribution >= 4 is 28.3 Å². The number of rotatable bonds is 0. The Morgan fingerprint density at radius 2 is 0.600 bits per heavy atom. The fourth-order valence-electron chi connectivity index (χ4n) is 3.38. The molecule has 0 aromatic heterocycles. The fraction of sp³-hybridized carbons (Fsp3) is 0.800.